The van der Waals surface area contributed by atoms with E-state index < -0.39 is 0 Å². The van der Waals surface area contributed by atoms with E-state index in [1.165, 1.54) is 0 Å². The number of aryl methyl sites for hydroxylation is 1. The maximum Gasteiger partial charge on any atom is 0.270 e. The van der Waals surface area contributed by atoms with E-state index in [9.17, 15) is 4.79 Å². The van der Waals surface area contributed by atoms with Crippen molar-refractivity contribution in [1.29, 1.82) is 0 Å². The van der Waals surface area contributed by atoms with Crippen LogP contribution in [0.15, 0.2) is 67.0 Å². The molecule has 25 heavy (non-hydrogen) atoms. The molecule has 1 atom stereocenters. The molecule has 5 heteroatoms. The zero-order chi connectivity index (χ0) is 17.6. The molecule has 0 unspecified atom stereocenters. The minimum absolute atomic E-state index is 0.196. The molecule has 126 valence electrons. The van der Waals surface area contributed by atoms with Gasteiger partial charge in [0.2, 0.25) is 0 Å². The SMILES string of the molecule is Cc1cccc(Oc2ccc(C(=O)N[C@@H](C)c3ccccn3)nc2)c1. The van der Waals surface area contributed by atoms with Gasteiger partial charge in [-0.15, -0.1) is 0 Å². The smallest absolute Gasteiger partial charge is 0.270 e. The summed E-state index contributed by atoms with van der Waals surface area (Å²) in [6, 6.07) is 16.5. The Labute approximate surface area is 146 Å². The Morgan fingerprint density at radius 1 is 1.04 bits per heavy atom. The summed E-state index contributed by atoms with van der Waals surface area (Å²) in [5.74, 6) is 1.07. The second-order valence-corrected chi connectivity index (χ2v) is 5.75. The first kappa shape index (κ1) is 16.6. The molecule has 3 aromatic rings. The Morgan fingerprint density at radius 2 is 1.92 bits per heavy atom. The Hall–Kier alpha value is -3.21. The van der Waals surface area contributed by atoms with Crippen LogP contribution in [0.5, 0.6) is 11.5 Å². The fourth-order valence-electron chi connectivity index (χ4n) is 2.37. The molecule has 0 saturated carbocycles. The van der Waals surface area contributed by atoms with E-state index in [4.69, 9.17) is 4.74 Å². The van der Waals surface area contributed by atoms with Crippen LogP contribution < -0.4 is 10.1 Å². The highest BCUT2D eigenvalue weighted by molar-refractivity contribution is 5.92. The number of hydrogen-bond acceptors (Lipinski definition) is 4. The van der Waals surface area contributed by atoms with Crippen LogP contribution in [0.1, 0.15) is 34.7 Å². The van der Waals surface area contributed by atoms with Crippen LogP contribution in [0.2, 0.25) is 0 Å². The van der Waals surface area contributed by atoms with Crippen LogP contribution >= 0.6 is 0 Å². The first-order valence-corrected chi connectivity index (χ1v) is 8.04. The van der Waals surface area contributed by atoms with Gasteiger partial charge in [0.25, 0.3) is 5.91 Å². The van der Waals surface area contributed by atoms with Crippen molar-refractivity contribution in [2.24, 2.45) is 0 Å². The topological polar surface area (TPSA) is 64.1 Å². The number of nitrogens with one attached hydrogen (secondary N) is 1. The van der Waals surface area contributed by atoms with E-state index in [0.29, 0.717) is 11.4 Å². The number of aromatic nitrogens is 2. The Kier molecular flexibility index (Phi) is 5.04. The Morgan fingerprint density at radius 3 is 2.60 bits per heavy atom. The zero-order valence-electron chi connectivity index (χ0n) is 14.1. The van der Waals surface area contributed by atoms with E-state index in [0.717, 1.165) is 17.0 Å². The number of nitrogens with zero attached hydrogens (tertiary/aromatic N) is 2. The third-order valence-corrected chi connectivity index (χ3v) is 3.67. The van der Waals surface area contributed by atoms with E-state index in [1.807, 2.05) is 56.3 Å². The van der Waals surface area contributed by atoms with Crippen molar-refractivity contribution in [3.8, 4) is 11.5 Å². The van der Waals surface area contributed by atoms with Crippen molar-refractivity contribution in [2.75, 3.05) is 0 Å². The summed E-state index contributed by atoms with van der Waals surface area (Å²) >= 11 is 0. The van der Waals surface area contributed by atoms with Crippen molar-refractivity contribution >= 4 is 5.91 Å². The number of carbonyl (C=O) groups is 1. The van der Waals surface area contributed by atoms with Gasteiger partial charge < -0.3 is 10.1 Å². The second kappa shape index (κ2) is 7.57. The molecule has 0 aliphatic rings. The molecule has 0 aliphatic heterocycles. The van der Waals surface area contributed by atoms with Crippen LogP contribution in [-0.4, -0.2) is 15.9 Å². The lowest BCUT2D eigenvalue weighted by molar-refractivity contribution is 0.0934. The predicted octanol–water partition coefficient (Wildman–Crippen LogP) is 4.07. The molecule has 1 N–H and O–H groups in total. The largest absolute Gasteiger partial charge is 0.456 e. The van der Waals surface area contributed by atoms with Crippen molar-refractivity contribution in [3.05, 3.63) is 83.9 Å². The lowest BCUT2D eigenvalue weighted by atomic mass is 10.2. The maximum atomic E-state index is 12.3. The number of hydrogen-bond donors (Lipinski definition) is 1. The van der Waals surface area contributed by atoms with Crippen LogP contribution in [0.4, 0.5) is 0 Å². The van der Waals surface area contributed by atoms with Crippen molar-refractivity contribution in [3.63, 3.8) is 0 Å². The number of pyridine rings is 2. The first-order chi connectivity index (χ1) is 12.1. The lowest BCUT2D eigenvalue weighted by Crippen LogP contribution is -2.27. The molecule has 0 fully saturated rings. The molecule has 1 amide bonds. The highest BCUT2D eigenvalue weighted by Crippen LogP contribution is 2.21. The molecular weight excluding hydrogens is 314 g/mol. The summed E-state index contributed by atoms with van der Waals surface area (Å²) in [6.07, 6.45) is 3.25. The summed E-state index contributed by atoms with van der Waals surface area (Å²) < 4.78 is 5.74. The lowest BCUT2D eigenvalue weighted by Gasteiger charge is -2.13. The van der Waals surface area contributed by atoms with Crippen molar-refractivity contribution in [1.82, 2.24) is 15.3 Å². The highest BCUT2D eigenvalue weighted by atomic mass is 16.5. The van der Waals surface area contributed by atoms with E-state index >= 15 is 0 Å². The van der Waals surface area contributed by atoms with Crippen LogP contribution in [-0.2, 0) is 0 Å². The molecule has 0 radical (unpaired) electrons. The monoisotopic (exact) mass is 333 g/mol. The second-order valence-electron chi connectivity index (χ2n) is 5.75. The van der Waals surface area contributed by atoms with Crippen LogP contribution in [0.25, 0.3) is 0 Å². The summed E-state index contributed by atoms with van der Waals surface area (Å²) in [4.78, 5) is 20.7. The minimum atomic E-state index is -0.250. The molecule has 2 heterocycles. The number of carbonyl (C=O) groups excluding carboxylic acids is 1. The fraction of sp³-hybridized carbons (Fsp3) is 0.150. The Balaban J connectivity index is 1.64. The fourth-order valence-corrected chi connectivity index (χ4v) is 2.37. The molecule has 0 spiro atoms. The van der Waals surface area contributed by atoms with E-state index in [-0.39, 0.29) is 11.9 Å². The summed E-state index contributed by atoms with van der Waals surface area (Å²) in [7, 11) is 0. The van der Waals surface area contributed by atoms with Gasteiger partial charge in [-0.05, 0) is 55.8 Å². The molecule has 2 aromatic heterocycles. The minimum Gasteiger partial charge on any atom is -0.456 e. The van der Waals surface area contributed by atoms with Crippen LogP contribution in [0.3, 0.4) is 0 Å². The molecule has 1 aromatic carbocycles. The number of benzene rings is 1. The molecule has 3 rings (SSSR count). The zero-order valence-corrected chi connectivity index (χ0v) is 14.1. The molecule has 0 aliphatic carbocycles. The van der Waals surface area contributed by atoms with Crippen molar-refractivity contribution in [2.45, 2.75) is 19.9 Å². The first-order valence-electron chi connectivity index (χ1n) is 8.04. The molecule has 0 saturated heterocycles. The van der Waals surface area contributed by atoms with Gasteiger partial charge in [0.05, 0.1) is 17.9 Å². The standard InChI is InChI=1S/C20H19N3O2/c1-14-6-5-7-16(12-14)25-17-9-10-19(22-13-17)20(24)23-15(2)18-8-3-4-11-21-18/h3-13,15H,1-2H3,(H,23,24)/t15-/m0/s1. The van der Waals surface area contributed by atoms with E-state index in [2.05, 4.69) is 15.3 Å². The summed E-state index contributed by atoms with van der Waals surface area (Å²) in [6.45, 7) is 3.89. The van der Waals surface area contributed by atoms with Gasteiger partial charge in [-0.2, -0.15) is 0 Å². The molecule has 0 bridgehead atoms. The third kappa shape index (κ3) is 4.41. The van der Waals surface area contributed by atoms with Crippen LogP contribution in [0, 0.1) is 6.92 Å². The van der Waals surface area contributed by atoms with E-state index in [1.54, 1.807) is 24.5 Å². The number of amides is 1. The summed E-state index contributed by atoms with van der Waals surface area (Å²) in [5, 5.41) is 2.88. The van der Waals surface area contributed by atoms with Gasteiger partial charge in [0.15, 0.2) is 0 Å². The molecular formula is C20H19N3O2. The number of rotatable bonds is 5. The predicted molar refractivity (Wildman–Crippen MR) is 95.6 cm³/mol. The Bertz CT molecular complexity index is 848. The van der Waals surface area contributed by atoms with Gasteiger partial charge in [-0.1, -0.05) is 18.2 Å². The third-order valence-electron chi connectivity index (χ3n) is 3.67. The van der Waals surface area contributed by atoms with Gasteiger partial charge in [-0.25, -0.2) is 4.98 Å². The van der Waals surface area contributed by atoms with Crippen molar-refractivity contribution < 1.29 is 9.53 Å². The highest BCUT2D eigenvalue weighted by Gasteiger charge is 2.13. The normalized spacial score (nSPS) is 11.6. The van der Waals surface area contributed by atoms with Gasteiger partial charge in [0, 0.05) is 6.20 Å². The maximum absolute atomic E-state index is 12.3. The molecule has 5 nitrogen and oxygen atoms in total. The average Bonchev–Trinajstić information content (AvgIpc) is 2.63. The van der Waals surface area contributed by atoms with Gasteiger partial charge in [-0.3, -0.25) is 9.78 Å². The summed E-state index contributed by atoms with van der Waals surface area (Å²) in [5.41, 5.74) is 2.25. The van der Waals surface area contributed by atoms with Gasteiger partial charge in [0.1, 0.15) is 17.2 Å². The quantitative estimate of drug-likeness (QED) is 0.764. The number of ether oxygens (including phenoxy) is 1. The van der Waals surface area contributed by atoms with Gasteiger partial charge >= 0.3 is 0 Å². The average molecular weight is 333 g/mol.